The molecule has 0 radical (unpaired) electrons. The molecule has 0 unspecified atom stereocenters. The second-order valence-corrected chi connectivity index (χ2v) is 2.44. The third kappa shape index (κ3) is 2.20. The predicted octanol–water partition coefficient (Wildman–Crippen LogP) is 0.919. The van der Waals surface area contributed by atoms with Gasteiger partial charge in [-0.05, 0) is 6.92 Å². The van der Waals surface area contributed by atoms with Gasteiger partial charge in [0.2, 0.25) is 0 Å². The van der Waals surface area contributed by atoms with E-state index in [2.05, 4.69) is 0 Å². The summed E-state index contributed by atoms with van der Waals surface area (Å²) in [5.41, 5.74) is 0.311. The van der Waals surface area contributed by atoms with Crippen LogP contribution in [-0.2, 0) is 4.79 Å². The Morgan fingerprint density at radius 1 is 1.33 bits per heavy atom. The molecule has 0 spiro atoms. The molecule has 1 rings (SSSR count). The maximum atomic E-state index is 10.4. The fraction of sp³-hybridized carbons (Fsp3) is 0.111. The number of rotatable bonds is 2. The molecule has 0 aliphatic rings. The van der Waals surface area contributed by atoms with Crippen LogP contribution in [0, 0.1) is 0 Å². The Balaban J connectivity index is 2.89. The van der Waals surface area contributed by atoms with Gasteiger partial charge in [-0.25, -0.2) is 4.79 Å². The lowest BCUT2D eigenvalue weighted by molar-refractivity contribution is -0.568. The Hall–Kier alpha value is -1.64. The molecule has 1 aromatic heterocycles. The van der Waals surface area contributed by atoms with Gasteiger partial charge in [0.25, 0.3) is 0 Å². The van der Waals surface area contributed by atoms with Gasteiger partial charge in [0.15, 0.2) is 18.6 Å². The van der Waals surface area contributed by atoms with E-state index in [-0.39, 0.29) is 0 Å². The van der Waals surface area contributed by atoms with E-state index in [1.807, 2.05) is 18.2 Å². The van der Waals surface area contributed by atoms with Crippen LogP contribution in [-0.4, -0.2) is 11.1 Å². The van der Waals surface area contributed by atoms with Gasteiger partial charge in [-0.2, -0.15) is 4.57 Å². The van der Waals surface area contributed by atoms with E-state index in [9.17, 15) is 4.79 Å². The van der Waals surface area contributed by atoms with Crippen LogP contribution in [0.15, 0.2) is 36.2 Å². The maximum absolute atomic E-state index is 10.4. The number of hydrogen-bond acceptors (Lipinski definition) is 1. The number of aromatic nitrogens is 1. The zero-order valence-corrected chi connectivity index (χ0v) is 6.77. The summed E-state index contributed by atoms with van der Waals surface area (Å²) in [6.45, 7) is 1.56. The number of carboxylic acid groups (broad SMARTS) is 1. The van der Waals surface area contributed by atoms with Crippen molar-refractivity contribution in [1.29, 1.82) is 0 Å². The summed E-state index contributed by atoms with van der Waals surface area (Å²) in [5, 5.41) is 8.56. The van der Waals surface area contributed by atoms with Gasteiger partial charge in [-0.15, -0.1) is 0 Å². The third-order valence-corrected chi connectivity index (χ3v) is 1.42. The minimum atomic E-state index is -0.897. The zero-order valence-electron chi connectivity index (χ0n) is 6.77. The highest BCUT2D eigenvalue weighted by Crippen LogP contribution is 1.90. The Labute approximate surface area is 70.6 Å². The Morgan fingerprint density at radius 3 is 2.42 bits per heavy atom. The van der Waals surface area contributed by atoms with Crippen LogP contribution in [0.5, 0.6) is 0 Å². The fourth-order valence-electron chi connectivity index (χ4n) is 0.777. The first-order valence-electron chi connectivity index (χ1n) is 3.57. The number of nitrogens with zero attached hydrogens (tertiary/aromatic N) is 1. The second kappa shape index (κ2) is 3.67. The molecule has 1 heterocycles. The Morgan fingerprint density at radius 2 is 1.92 bits per heavy atom. The molecular weight excluding hydrogens is 154 g/mol. The van der Waals surface area contributed by atoms with E-state index >= 15 is 0 Å². The number of pyridine rings is 1. The molecule has 1 N–H and O–H groups in total. The zero-order chi connectivity index (χ0) is 8.97. The highest BCUT2D eigenvalue weighted by molar-refractivity contribution is 5.88. The van der Waals surface area contributed by atoms with Gasteiger partial charge in [0.1, 0.15) is 0 Å². The second-order valence-electron chi connectivity index (χ2n) is 2.44. The highest BCUT2D eigenvalue weighted by atomic mass is 16.4. The average molecular weight is 164 g/mol. The van der Waals surface area contributed by atoms with Crippen LogP contribution < -0.4 is 4.57 Å². The molecule has 0 amide bonds. The van der Waals surface area contributed by atoms with E-state index in [1.54, 1.807) is 30.1 Å². The van der Waals surface area contributed by atoms with Crippen molar-refractivity contribution in [2.45, 2.75) is 6.92 Å². The first-order chi connectivity index (χ1) is 5.70. The molecule has 0 atom stereocenters. The third-order valence-electron chi connectivity index (χ3n) is 1.42. The topological polar surface area (TPSA) is 41.2 Å². The molecule has 62 valence electrons. The molecule has 0 aromatic carbocycles. The Bertz CT molecular complexity index is 304. The summed E-state index contributed by atoms with van der Waals surface area (Å²) in [6.07, 6.45) is 5.13. The SMILES string of the molecule is C/C(=C\[n+]1ccccc1)C(=O)O. The fourth-order valence-corrected chi connectivity index (χ4v) is 0.777. The van der Waals surface area contributed by atoms with Crippen molar-refractivity contribution >= 4 is 12.2 Å². The van der Waals surface area contributed by atoms with Crippen molar-refractivity contribution in [2.75, 3.05) is 0 Å². The van der Waals surface area contributed by atoms with Crippen LogP contribution in [0.25, 0.3) is 6.20 Å². The summed E-state index contributed by atoms with van der Waals surface area (Å²) in [7, 11) is 0. The summed E-state index contributed by atoms with van der Waals surface area (Å²) < 4.78 is 1.70. The number of hydrogen-bond donors (Lipinski definition) is 1. The Kier molecular flexibility index (Phi) is 2.58. The van der Waals surface area contributed by atoms with E-state index in [1.165, 1.54) is 0 Å². The minimum Gasteiger partial charge on any atom is -0.478 e. The van der Waals surface area contributed by atoms with Crippen LogP contribution in [0.2, 0.25) is 0 Å². The molecule has 0 saturated heterocycles. The smallest absolute Gasteiger partial charge is 0.337 e. The van der Waals surface area contributed by atoms with E-state index in [0.717, 1.165) is 0 Å². The minimum absolute atomic E-state index is 0.311. The molecule has 1 aromatic rings. The lowest BCUT2D eigenvalue weighted by Gasteiger charge is -1.88. The maximum Gasteiger partial charge on any atom is 0.337 e. The van der Waals surface area contributed by atoms with Gasteiger partial charge in [0, 0.05) is 12.1 Å². The monoisotopic (exact) mass is 164 g/mol. The first kappa shape index (κ1) is 8.46. The van der Waals surface area contributed by atoms with E-state index < -0.39 is 5.97 Å². The van der Waals surface area contributed by atoms with Gasteiger partial charge in [0.05, 0.1) is 5.57 Å². The first-order valence-corrected chi connectivity index (χ1v) is 3.57. The van der Waals surface area contributed by atoms with Crippen LogP contribution >= 0.6 is 0 Å². The van der Waals surface area contributed by atoms with Gasteiger partial charge >= 0.3 is 5.97 Å². The van der Waals surface area contributed by atoms with Crippen molar-refractivity contribution in [3.8, 4) is 0 Å². The van der Waals surface area contributed by atoms with Crippen molar-refractivity contribution in [3.63, 3.8) is 0 Å². The quantitative estimate of drug-likeness (QED) is 0.521. The van der Waals surface area contributed by atoms with Crippen molar-refractivity contribution in [3.05, 3.63) is 36.2 Å². The molecule has 0 aliphatic carbocycles. The lowest BCUT2D eigenvalue weighted by Crippen LogP contribution is -2.25. The van der Waals surface area contributed by atoms with Crippen LogP contribution in [0.1, 0.15) is 6.92 Å². The standard InChI is InChI=1S/C9H9NO2/c1-8(9(11)12)7-10-5-3-2-4-6-10/h2-7H,1H3/p+1/b8-7+. The molecule has 0 aliphatic heterocycles. The molecule has 0 saturated carbocycles. The highest BCUT2D eigenvalue weighted by Gasteiger charge is 2.03. The molecule has 3 nitrogen and oxygen atoms in total. The molecular formula is C9H10NO2+. The normalized spacial score (nSPS) is 11.2. The number of carboxylic acids is 1. The summed E-state index contributed by atoms with van der Waals surface area (Å²) in [5.74, 6) is -0.897. The summed E-state index contributed by atoms with van der Waals surface area (Å²) >= 11 is 0. The van der Waals surface area contributed by atoms with Crippen molar-refractivity contribution in [1.82, 2.24) is 0 Å². The summed E-state index contributed by atoms with van der Waals surface area (Å²) in [6, 6.07) is 5.55. The van der Waals surface area contributed by atoms with Crippen LogP contribution in [0.4, 0.5) is 0 Å². The summed E-state index contributed by atoms with van der Waals surface area (Å²) in [4.78, 5) is 10.4. The average Bonchev–Trinajstić information content (AvgIpc) is 2.06. The molecule has 0 fully saturated rings. The number of aliphatic carboxylic acids is 1. The largest absolute Gasteiger partial charge is 0.478 e. The molecule has 0 bridgehead atoms. The van der Waals surface area contributed by atoms with Crippen molar-refractivity contribution in [2.24, 2.45) is 0 Å². The molecule has 12 heavy (non-hydrogen) atoms. The number of carbonyl (C=O) groups is 1. The lowest BCUT2D eigenvalue weighted by atomic mass is 10.3. The predicted molar refractivity (Wildman–Crippen MR) is 44.2 cm³/mol. The van der Waals surface area contributed by atoms with Gasteiger partial charge in [-0.3, -0.25) is 0 Å². The van der Waals surface area contributed by atoms with Crippen molar-refractivity contribution < 1.29 is 14.5 Å². The van der Waals surface area contributed by atoms with E-state index in [4.69, 9.17) is 5.11 Å². The van der Waals surface area contributed by atoms with Crippen LogP contribution in [0.3, 0.4) is 0 Å². The molecule has 3 heteroatoms. The van der Waals surface area contributed by atoms with Gasteiger partial charge in [-0.1, -0.05) is 6.07 Å². The van der Waals surface area contributed by atoms with E-state index in [0.29, 0.717) is 5.57 Å². The van der Waals surface area contributed by atoms with Gasteiger partial charge < -0.3 is 5.11 Å².